The normalized spacial score (nSPS) is 11.8. The molecule has 0 unspecified atom stereocenters. The Morgan fingerprint density at radius 2 is 1.05 bits per heavy atom. The summed E-state index contributed by atoms with van der Waals surface area (Å²) in [5.41, 5.74) is 1.86. The Balaban J connectivity index is 1.80. The molecule has 0 aliphatic rings. The van der Waals surface area contributed by atoms with E-state index in [2.05, 4.69) is 9.97 Å². The van der Waals surface area contributed by atoms with Crippen LogP contribution in [0.4, 0.5) is 0 Å². The first kappa shape index (κ1) is 22.4. The third-order valence-corrected chi connectivity index (χ3v) is 9.15. The van der Waals surface area contributed by atoms with Crippen molar-refractivity contribution in [3.05, 3.63) is 92.2 Å². The lowest BCUT2D eigenvalue weighted by Crippen LogP contribution is -2.14. The van der Waals surface area contributed by atoms with E-state index in [9.17, 15) is 29.4 Å². The number of carbonyl (C=O) groups is 2. The summed E-state index contributed by atoms with van der Waals surface area (Å²) in [4.78, 5) is 57.5. The lowest BCUT2D eigenvalue weighted by Gasteiger charge is -2.13. The maximum absolute atomic E-state index is 13.9. The van der Waals surface area contributed by atoms with E-state index >= 15 is 0 Å². The second kappa shape index (κ2) is 7.85. The molecular formula is C28H14N2O6S2. The lowest BCUT2D eigenvalue weighted by atomic mass is 10.0. The second-order valence-corrected chi connectivity index (χ2v) is 11.0. The minimum Gasteiger partial charge on any atom is -0.478 e. The molecule has 0 saturated carbocycles. The fourth-order valence-corrected chi connectivity index (χ4v) is 7.33. The van der Waals surface area contributed by atoms with Gasteiger partial charge in [0.2, 0.25) is 0 Å². The summed E-state index contributed by atoms with van der Waals surface area (Å²) >= 11 is 2.61. The molecular weight excluding hydrogens is 524 g/mol. The Kier molecular flexibility index (Phi) is 4.63. The molecule has 0 bridgehead atoms. The number of carboxylic acids is 2. The Hall–Kier alpha value is -4.80. The molecule has 8 nitrogen and oxygen atoms in total. The molecule has 0 radical (unpaired) electrons. The molecule has 38 heavy (non-hydrogen) atoms. The molecule has 0 fully saturated rings. The average molecular weight is 539 g/mol. The van der Waals surface area contributed by atoms with Gasteiger partial charge in [0.05, 0.1) is 62.8 Å². The van der Waals surface area contributed by atoms with Crippen molar-refractivity contribution in [1.29, 1.82) is 0 Å². The van der Waals surface area contributed by atoms with Crippen LogP contribution in [0, 0.1) is 0 Å². The van der Waals surface area contributed by atoms with Crippen LogP contribution in [0.3, 0.4) is 0 Å². The average Bonchev–Trinajstić information content (AvgIpc) is 2.92. The van der Waals surface area contributed by atoms with Gasteiger partial charge in [0.25, 0.3) is 0 Å². The van der Waals surface area contributed by atoms with E-state index in [4.69, 9.17) is 0 Å². The molecule has 5 aromatic carbocycles. The Labute approximate surface area is 218 Å². The van der Waals surface area contributed by atoms with Crippen LogP contribution in [0.15, 0.2) is 70.3 Å². The number of hydrogen-bond donors (Lipinski definition) is 4. The van der Waals surface area contributed by atoms with Gasteiger partial charge in [0, 0.05) is 10.8 Å². The summed E-state index contributed by atoms with van der Waals surface area (Å²) in [6.45, 7) is 0. The largest absolute Gasteiger partial charge is 0.478 e. The monoisotopic (exact) mass is 538 g/mol. The van der Waals surface area contributed by atoms with Gasteiger partial charge in [-0.25, -0.2) is 9.59 Å². The van der Waals surface area contributed by atoms with Crippen molar-refractivity contribution in [3.8, 4) is 0 Å². The molecule has 184 valence electrons. The van der Waals surface area contributed by atoms with Crippen LogP contribution in [0.2, 0.25) is 0 Å². The number of aromatic nitrogens is 2. The van der Waals surface area contributed by atoms with E-state index < -0.39 is 11.9 Å². The zero-order valence-corrected chi connectivity index (χ0v) is 20.8. The molecule has 0 atom stereocenters. The van der Waals surface area contributed by atoms with Crippen molar-refractivity contribution in [2.24, 2.45) is 0 Å². The second-order valence-electron chi connectivity index (χ2n) is 8.85. The van der Waals surface area contributed by atoms with E-state index in [0.29, 0.717) is 51.6 Å². The van der Waals surface area contributed by atoms with Gasteiger partial charge in [-0.3, -0.25) is 9.59 Å². The van der Waals surface area contributed by atoms with Crippen LogP contribution in [0.5, 0.6) is 0 Å². The van der Waals surface area contributed by atoms with Crippen molar-refractivity contribution in [2.75, 3.05) is 0 Å². The molecule has 0 saturated heterocycles. The SMILES string of the molecule is O=C(O)c1ccc2[nH]c3c(sc2c1)c1sc2cc(C(=O)O)ccc2[nH]c1c1c(=O)c2ccccc2c(=O)c31. The number of carboxylic acid groups (broad SMARTS) is 2. The van der Waals surface area contributed by atoms with Crippen LogP contribution in [0.1, 0.15) is 20.7 Å². The molecule has 7 rings (SSSR count). The predicted octanol–water partition coefficient (Wildman–Crippen LogP) is 6.06. The van der Waals surface area contributed by atoms with E-state index in [1.54, 1.807) is 48.5 Å². The first-order valence-electron chi connectivity index (χ1n) is 11.4. The third kappa shape index (κ3) is 3.07. The summed E-state index contributed by atoms with van der Waals surface area (Å²) < 4.78 is 2.61. The summed E-state index contributed by atoms with van der Waals surface area (Å²) in [7, 11) is 0. The van der Waals surface area contributed by atoms with Gasteiger partial charge in [-0.2, -0.15) is 0 Å². The summed E-state index contributed by atoms with van der Waals surface area (Å²) in [6, 6.07) is 16.1. The Morgan fingerprint density at radius 3 is 1.45 bits per heavy atom. The highest BCUT2D eigenvalue weighted by atomic mass is 32.1. The van der Waals surface area contributed by atoms with Gasteiger partial charge in [0.1, 0.15) is 0 Å². The number of nitrogens with one attached hydrogen (secondary N) is 2. The van der Waals surface area contributed by atoms with Gasteiger partial charge in [-0.05, 0) is 36.4 Å². The zero-order valence-electron chi connectivity index (χ0n) is 19.1. The standard InChI is InChI=1S/C28H14N2O6S2/c31-23-13-3-1-2-4-14(13)24(32)20-19(23)21-25(37-17-9-11(27(33)34)5-7-15(17)29-21)26-22(20)30-16-8-6-12(28(35)36)10-18(16)38-26/h1-10,29-30H,(H,33,34)(H,35,36). The first-order valence-corrected chi connectivity index (χ1v) is 13.0. The highest BCUT2D eigenvalue weighted by Crippen LogP contribution is 2.40. The fourth-order valence-electron chi connectivity index (χ4n) is 4.92. The molecule has 2 aromatic heterocycles. The Bertz CT molecular complexity index is 2190. The van der Waals surface area contributed by atoms with Gasteiger partial charge in [-0.1, -0.05) is 24.3 Å². The number of rotatable bonds is 2. The highest BCUT2D eigenvalue weighted by Gasteiger charge is 2.21. The van der Waals surface area contributed by atoms with Crippen molar-refractivity contribution in [1.82, 2.24) is 9.97 Å². The van der Waals surface area contributed by atoms with E-state index in [1.807, 2.05) is 0 Å². The van der Waals surface area contributed by atoms with Crippen molar-refractivity contribution in [2.45, 2.75) is 0 Å². The van der Waals surface area contributed by atoms with Crippen LogP contribution in [0.25, 0.3) is 62.4 Å². The molecule has 2 heterocycles. The van der Waals surface area contributed by atoms with E-state index in [0.717, 1.165) is 0 Å². The maximum Gasteiger partial charge on any atom is 0.335 e. The van der Waals surface area contributed by atoms with Gasteiger partial charge >= 0.3 is 11.9 Å². The Morgan fingerprint density at radius 1 is 0.632 bits per heavy atom. The van der Waals surface area contributed by atoms with Gasteiger partial charge in [0.15, 0.2) is 10.9 Å². The first-order chi connectivity index (χ1) is 18.3. The predicted molar refractivity (Wildman–Crippen MR) is 151 cm³/mol. The highest BCUT2D eigenvalue weighted by molar-refractivity contribution is 7.32. The molecule has 7 aromatic rings. The molecule has 0 aliphatic heterocycles. The van der Waals surface area contributed by atoms with Crippen LogP contribution >= 0.6 is 22.7 Å². The summed E-state index contributed by atoms with van der Waals surface area (Å²) in [5, 5.41) is 20.1. The van der Waals surface area contributed by atoms with Crippen molar-refractivity contribution < 1.29 is 19.8 Å². The topological polar surface area (TPSA) is 140 Å². The van der Waals surface area contributed by atoms with Crippen molar-refractivity contribution >= 4 is 97.0 Å². The maximum atomic E-state index is 13.9. The summed E-state index contributed by atoms with van der Waals surface area (Å²) in [5.74, 6) is -2.12. The van der Waals surface area contributed by atoms with Crippen LogP contribution < -0.4 is 10.9 Å². The van der Waals surface area contributed by atoms with Crippen LogP contribution in [-0.4, -0.2) is 32.1 Å². The minimum absolute atomic E-state index is 0.121. The number of benzene rings is 5. The molecule has 0 spiro atoms. The third-order valence-electron chi connectivity index (χ3n) is 6.68. The van der Waals surface area contributed by atoms with Gasteiger partial charge < -0.3 is 20.2 Å². The molecule has 0 aliphatic carbocycles. The molecule has 4 N–H and O–H groups in total. The number of fused-ring (bicyclic) bond motifs is 9. The quantitative estimate of drug-likeness (QED) is 0.156. The lowest BCUT2D eigenvalue weighted by molar-refractivity contribution is 0.0686. The zero-order chi connectivity index (χ0) is 26.3. The smallest absolute Gasteiger partial charge is 0.335 e. The molecule has 0 amide bonds. The van der Waals surface area contributed by atoms with E-state index in [1.165, 1.54) is 34.8 Å². The van der Waals surface area contributed by atoms with Crippen LogP contribution in [-0.2, 0) is 0 Å². The minimum atomic E-state index is -1.06. The van der Waals surface area contributed by atoms with Crippen molar-refractivity contribution in [3.63, 3.8) is 0 Å². The number of hydrogen-bond acceptors (Lipinski definition) is 6. The molecule has 10 heteroatoms. The number of aromatic amines is 2. The number of aromatic carboxylic acids is 2. The van der Waals surface area contributed by atoms with Gasteiger partial charge in [-0.15, -0.1) is 22.7 Å². The fraction of sp³-hybridized carbons (Fsp3) is 0. The van der Waals surface area contributed by atoms with E-state index in [-0.39, 0.29) is 32.8 Å². The summed E-state index contributed by atoms with van der Waals surface area (Å²) in [6.07, 6.45) is 0. The number of H-pyrrole nitrogens is 2.